The zero-order chi connectivity index (χ0) is 14.0. The van der Waals surface area contributed by atoms with Crippen molar-refractivity contribution < 1.29 is 19.0 Å². The molecule has 1 aromatic heterocycles. The highest BCUT2D eigenvalue weighted by molar-refractivity contribution is 9.10. The van der Waals surface area contributed by atoms with Gasteiger partial charge in [-0.1, -0.05) is 0 Å². The molecule has 6 nitrogen and oxygen atoms in total. The number of carboxylic acid groups (broad SMARTS) is 1. The predicted molar refractivity (Wildman–Crippen MR) is 66.0 cm³/mol. The van der Waals surface area contributed by atoms with Gasteiger partial charge >= 0.3 is 5.97 Å². The van der Waals surface area contributed by atoms with Gasteiger partial charge in [-0.15, -0.1) is 0 Å². The summed E-state index contributed by atoms with van der Waals surface area (Å²) in [5, 5.41) is 8.95. The lowest BCUT2D eigenvalue weighted by atomic mass is 10.2. The third kappa shape index (κ3) is 2.79. The number of rotatable bonds is 3. The van der Waals surface area contributed by atoms with Gasteiger partial charge in [-0.25, -0.2) is 14.2 Å². The van der Waals surface area contributed by atoms with Crippen LogP contribution in [0.2, 0.25) is 0 Å². The average molecular weight is 329 g/mol. The van der Waals surface area contributed by atoms with Crippen LogP contribution in [0, 0.1) is 5.82 Å². The Hall–Kier alpha value is -2.22. The molecule has 19 heavy (non-hydrogen) atoms. The molecule has 0 saturated carbocycles. The molecule has 2 aromatic rings. The van der Waals surface area contributed by atoms with E-state index >= 15 is 0 Å². The van der Waals surface area contributed by atoms with E-state index in [0.717, 1.165) is 24.5 Å². The number of carbonyl (C=O) groups is 1. The summed E-state index contributed by atoms with van der Waals surface area (Å²) < 4.78 is 18.2. The van der Waals surface area contributed by atoms with Crippen molar-refractivity contribution in [2.75, 3.05) is 0 Å². The highest BCUT2D eigenvalue weighted by atomic mass is 79.9. The molecule has 0 unspecified atom stereocenters. The SMILES string of the molecule is O=C(O)c1cc(F)ccc1Oc1nc[nH]c(=O)c1Br. The van der Waals surface area contributed by atoms with E-state index in [4.69, 9.17) is 9.84 Å². The first kappa shape index (κ1) is 13.2. The molecule has 0 saturated heterocycles. The van der Waals surface area contributed by atoms with Gasteiger partial charge in [0.05, 0.1) is 6.33 Å². The maximum absolute atomic E-state index is 13.0. The fourth-order valence-electron chi connectivity index (χ4n) is 1.30. The summed E-state index contributed by atoms with van der Waals surface area (Å²) in [7, 11) is 0. The molecule has 1 heterocycles. The van der Waals surface area contributed by atoms with Gasteiger partial charge < -0.3 is 14.8 Å². The van der Waals surface area contributed by atoms with E-state index in [0.29, 0.717) is 0 Å². The van der Waals surface area contributed by atoms with Crippen molar-refractivity contribution >= 4 is 21.9 Å². The van der Waals surface area contributed by atoms with Crippen LogP contribution in [-0.4, -0.2) is 21.0 Å². The Kier molecular flexibility index (Phi) is 3.61. The number of aromatic nitrogens is 2. The fourth-order valence-corrected chi connectivity index (χ4v) is 1.60. The molecular formula is C11H6BrFN2O4. The van der Waals surface area contributed by atoms with Crippen molar-refractivity contribution in [3.05, 3.63) is 50.7 Å². The number of H-pyrrole nitrogens is 1. The quantitative estimate of drug-likeness (QED) is 0.900. The lowest BCUT2D eigenvalue weighted by Crippen LogP contribution is -2.09. The minimum atomic E-state index is -1.35. The topological polar surface area (TPSA) is 92.3 Å². The molecule has 0 fully saturated rings. The Labute approximate surface area is 114 Å². The van der Waals surface area contributed by atoms with Gasteiger partial charge in [-0.2, -0.15) is 0 Å². The Bertz CT molecular complexity index is 701. The van der Waals surface area contributed by atoms with E-state index in [1.165, 1.54) is 0 Å². The van der Waals surface area contributed by atoms with Crippen LogP contribution in [0.1, 0.15) is 10.4 Å². The smallest absolute Gasteiger partial charge is 0.339 e. The van der Waals surface area contributed by atoms with Crippen LogP contribution in [0.5, 0.6) is 11.6 Å². The Morgan fingerprint density at radius 3 is 2.89 bits per heavy atom. The van der Waals surface area contributed by atoms with Crippen LogP contribution in [0.15, 0.2) is 33.8 Å². The monoisotopic (exact) mass is 328 g/mol. The molecule has 8 heteroatoms. The average Bonchev–Trinajstić information content (AvgIpc) is 2.36. The van der Waals surface area contributed by atoms with E-state index in [2.05, 4.69) is 25.9 Å². The highest BCUT2D eigenvalue weighted by Gasteiger charge is 2.16. The summed E-state index contributed by atoms with van der Waals surface area (Å²) in [6.07, 6.45) is 1.10. The summed E-state index contributed by atoms with van der Waals surface area (Å²) in [6.45, 7) is 0. The van der Waals surface area contributed by atoms with Crippen molar-refractivity contribution in [3.8, 4) is 11.6 Å². The first-order valence-corrected chi connectivity index (χ1v) is 5.72. The van der Waals surface area contributed by atoms with Gasteiger partial charge in [0, 0.05) is 0 Å². The second-order valence-electron chi connectivity index (χ2n) is 3.40. The molecule has 0 amide bonds. The molecule has 0 bridgehead atoms. The van der Waals surface area contributed by atoms with Gasteiger partial charge in [-0.3, -0.25) is 4.79 Å². The zero-order valence-corrected chi connectivity index (χ0v) is 10.8. The van der Waals surface area contributed by atoms with Crippen LogP contribution in [0.3, 0.4) is 0 Å². The number of nitrogens with zero attached hydrogens (tertiary/aromatic N) is 1. The van der Waals surface area contributed by atoms with Gasteiger partial charge in [0.1, 0.15) is 21.6 Å². The number of nitrogens with one attached hydrogen (secondary N) is 1. The Morgan fingerprint density at radius 1 is 1.47 bits per heavy atom. The van der Waals surface area contributed by atoms with Crippen LogP contribution >= 0.6 is 15.9 Å². The van der Waals surface area contributed by atoms with Gasteiger partial charge in [0.25, 0.3) is 5.56 Å². The molecule has 0 aliphatic carbocycles. The summed E-state index contributed by atoms with van der Waals surface area (Å²) in [6, 6.07) is 3.01. The largest absolute Gasteiger partial charge is 0.478 e. The van der Waals surface area contributed by atoms with Gasteiger partial charge in [0.15, 0.2) is 0 Å². The number of ether oxygens (including phenoxy) is 1. The lowest BCUT2D eigenvalue weighted by Gasteiger charge is -2.08. The molecule has 98 valence electrons. The number of benzene rings is 1. The standard InChI is InChI=1S/C11H6BrFN2O4/c12-8-9(16)14-4-15-10(8)19-7-2-1-5(13)3-6(7)11(17)18/h1-4H,(H,17,18)(H,14,15,16). The first-order valence-electron chi connectivity index (χ1n) is 4.93. The molecular weight excluding hydrogens is 323 g/mol. The molecule has 0 spiro atoms. The minimum Gasteiger partial charge on any atom is -0.478 e. The van der Waals surface area contributed by atoms with Crippen LogP contribution in [-0.2, 0) is 0 Å². The molecule has 0 aliphatic rings. The Morgan fingerprint density at radius 2 is 2.21 bits per heavy atom. The number of carboxylic acids is 1. The number of halogens is 2. The van der Waals surface area contributed by atoms with E-state index in [9.17, 15) is 14.0 Å². The van der Waals surface area contributed by atoms with Crippen molar-refractivity contribution in [3.63, 3.8) is 0 Å². The second-order valence-corrected chi connectivity index (χ2v) is 4.19. The lowest BCUT2D eigenvalue weighted by molar-refractivity contribution is 0.0693. The van der Waals surface area contributed by atoms with E-state index < -0.39 is 17.3 Å². The van der Waals surface area contributed by atoms with Gasteiger partial charge in [0.2, 0.25) is 5.88 Å². The maximum Gasteiger partial charge on any atom is 0.339 e. The number of hydrogen-bond acceptors (Lipinski definition) is 4. The van der Waals surface area contributed by atoms with Crippen LogP contribution in [0.25, 0.3) is 0 Å². The van der Waals surface area contributed by atoms with Gasteiger partial charge in [-0.05, 0) is 34.1 Å². The molecule has 2 N–H and O–H groups in total. The van der Waals surface area contributed by atoms with E-state index in [1.807, 2.05) is 0 Å². The third-order valence-electron chi connectivity index (χ3n) is 2.14. The van der Waals surface area contributed by atoms with Crippen molar-refractivity contribution in [1.82, 2.24) is 9.97 Å². The van der Waals surface area contributed by atoms with E-state index in [-0.39, 0.29) is 21.7 Å². The minimum absolute atomic E-state index is 0.00987. The van der Waals surface area contributed by atoms with E-state index in [1.54, 1.807) is 0 Å². The molecule has 0 atom stereocenters. The summed E-state index contributed by atoms with van der Waals surface area (Å²) in [5.41, 5.74) is -0.849. The maximum atomic E-state index is 13.0. The van der Waals surface area contributed by atoms with Crippen molar-refractivity contribution in [2.45, 2.75) is 0 Å². The Balaban J connectivity index is 2.46. The number of hydrogen-bond donors (Lipinski definition) is 2. The first-order chi connectivity index (χ1) is 8.99. The van der Waals surface area contributed by atoms with Crippen LogP contribution < -0.4 is 10.3 Å². The molecule has 0 radical (unpaired) electrons. The summed E-state index contributed by atoms with van der Waals surface area (Å²) in [4.78, 5) is 28.3. The summed E-state index contributed by atoms with van der Waals surface area (Å²) >= 11 is 2.96. The zero-order valence-electron chi connectivity index (χ0n) is 9.18. The molecule has 0 aliphatic heterocycles. The number of aromatic amines is 1. The van der Waals surface area contributed by atoms with Crippen molar-refractivity contribution in [1.29, 1.82) is 0 Å². The summed E-state index contributed by atoms with van der Waals surface area (Å²) in [5.74, 6) is -2.29. The highest BCUT2D eigenvalue weighted by Crippen LogP contribution is 2.27. The normalized spacial score (nSPS) is 10.2. The third-order valence-corrected chi connectivity index (χ3v) is 2.84. The molecule has 1 aromatic carbocycles. The predicted octanol–water partition coefficient (Wildman–Crippen LogP) is 2.16. The fraction of sp³-hybridized carbons (Fsp3) is 0. The number of aromatic carboxylic acids is 1. The van der Waals surface area contributed by atoms with Crippen LogP contribution in [0.4, 0.5) is 4.39 Å². The molecule has 2 rings (SSSR count). The van der Waals surface area contributed by atoms with Crippen molar-refractivity contribution in [2.24, 2.45) is 0 Å². The second kappa shape index (κ2) is 5.19.